The quantitative estimate of drug-likeness (QED) is 0.647. The molecule has 1 fully saturated rings. The lowest BCUT2D eigenvalue weighted by atomic mass is 10.1. The van der Waals surface area contributed by atoms with Gasteiger partial charge in [-0.1, -0.05) is 25.0 Å². The molecule has 1 aromatic carbocycles. The van der Waals surface area contributed by atoms with Crippen LogP contribution in [0.4, 0.5) is 13.2 Å². The summed E-state index contributed by atoms with van der Waals surface area (Å²) in [6.45, 7) is 1.46. The summed E-state index contributed by atoms with van der Waals surface area (Å²) in [4.78, 5) is 23.7. The van der Waals surface area contributed by atoms with Gasteiger partial charge in [0.15, 0.2) is 6.10 Å². The molecule has 7 heteroatoms. The Bertz CT molecular complexity index is 649. The molecule has 1 saturated carbocycles. The summed E-state index contributed by atoms with van der Waals surface area (Å²) in [6, 6.07) is 4.69. The largest absolute Gasteiger partial charge is 0.449 e. The summed E-state index contributed by atoms with van der Waals surface area (Å²) in [6.07, 6.45) is 0.798. The summed E-state index contributed by atoms with van der Waals surface area (Å²) in [5.41, 5.74) is -0.581. The van der Waals surface area contributed by atoms with Gasteiger partial charge in [-0.15, -0.1) is 0 Å². The lowest BCUT2D eigenvalue weighted by Gasteiger charge is -2.16. The van der Waals surface area contributed by atoms with E-state index >= 15 is 0 Å². The first-order chi connectivity index (χ1) is 11.8. The van der Waals surface area contributed by atoms with Gasteiger partial charge in [0.1, 0.15) is 0 Å². The Morgan fingerprint density at radius 2 is 1.96 bits per heavy atom. The van der Waals surface area contributed by atoms with E-state index in [1.165, 1.54) is 25.1 Å². The van der Waals surface area contributed by atoms with Crippen LogP contribution < -0.4 is 5.32 Å². The van der Waals surface area contributed by atoms with Gasteiger partial charge in [0.2, 0.25) is 0 Å². The molecule has 0 radical (unpaired) electrons. The number of esters is 1. The highest BCUT2D eigenvalue weighted by molar-refractivity contribution is 5.90. The second-order valence-electron chi connectivity index (χ2n) is 6.03. The molecule has 1 N–H and O–H groups in total. The van der Waals surface area contributed by atoms with Gasteiger partial charge in [-0.05, 0) is 43.5 Å². The molecule has 1 aromatic rings. The predicted octanol–water partition coefficient (Wildman–Crippen LogP) is 3.71. The third-order valence-corrected chi connectivity index (χ3v) is 3.99. The van der Waals surface area contributed by atoms with Crippen LogP contribution in [0.2, 0.25) is 0 Å². The smallest absolute Gasteiger partial charge is 0.416 e. The van der Waals surface area contributed by atoms with Gasteiger partial charge in [0.05, 0.1) is 5.56 Å². The molecule has 136 valence electrons. The van der Waals surface area contributed by atoms with Gasteiger partial charge in [-0.3, -0.25) is 4.79 Å². The first-order valence-electron chi connectivity index (χ1n) is 8.12. The first kappa shape index (κ1) is 19.0. The van der Waals surface area contributed by atoms with Crippen molar-refractivity contribution in [3.05, 3.63) is 41.5 Å². The summed E-state index contributed by atoms with van der Waals surface area (Å²) >= 11 is 0. The average molecular weight is 355 g/mol. The lowest BCUT2D eigenvalue weighted by molar-refractivity contribution is -0.150. The summed E-state index contributed by atoms with van der Waals surface area (Å²) < 4.78 is 42.9. The van der Waals surface area contributed by atoms with Gasteiger partial charge in [0, 0.05) is 12.1 Å². The van der Waals surface area contributed by atoms with Crippen molar-refractivity contribution in [1.82, 2.24) is 5.32 Å². The Morgan fingerprint density at radius 3 is 2.60 bits per heavy atom. The molecule has 0 saturated heterocycles. The summed E-state index contributed by atoms with van der Waals surface area (Å²) in [7, 11) is 0. The van der Waals surface area contributed by atoms with Crippen LogP contribution in [0.1, 0.15) is 43.7 Å². The fourth-order valence-corrected chi connectivity index (χ4v) is 2.64. The van der Waals surface area contributed by atoms with Crippen molar-refractivity contribution < 1.29 is 27.5 Å². The third-order valence-electron chi connectivity index (χ3n) is 3.99. The van der Waals surface area contributed by atoms with Crippen LogP contribution in [0.3, 0.4) is 0 Å². The lowest BCUT2D eigenvalue weighted by Crippen LogP contribution is -2.40. The molecule has 0 aromatic heterocycles. The van der Waals surface area contributed by atoms with Crippen molar-refractivity contribution in [3.8, 4) is 0 Å². The number of rotatable bonds is 5. The minimum absolute atomic E-state index is 0.120. The second kappa shape index (κ2) is 8.18. The Labute approximate surface area is 144 Å². The molecule has 1 aliphatic rings. The molecular weight excluding hydrogens is 335 g/mol. The predicted molar refractivity (Wildman–Crippen MR) is 86.4 cm³/mol. The van der Waals surface area contributed by atoms with Crippen molar-refractivity contribution >= 4 is 18.0 Å². The zero-order valence-corrected chi connectivity index (χ0v) is 13.8. The number of benzene rings is 1. The van der Waals surface area contributed by atoms with Crippen LogP contribution in [0.25, 0.3) is 6.08 Å². The Balaban J connectivity index is 1.88. The topological polar surface area (TPSA) is 55.4 Å². The van der Waals surface area contributed by atoms with E-state index in [4.69, 9.17) is 4.74 Å². The van der Waals surface area contributed by atoms with Crippen LogP contribution in [-0.2, 0) is 20.5 Å². The summed E-state index contributed by atoms with van der Waals surface area (Å²) in [5.74, 6) is -1.15. The van der Waals surface area contributed by atoms with Gasteiger partial charge >= 0.3 is 12.1 Å². The molecule has 0 aliphatic heterocycles. The molecule has 2 rings (SSSR count). The Morgan fingerprint density at radius 1 is 1.28 bits per heavy atom. The number of ether oxygens (including phenoxy) is 1. The average Bonchev–Trinajstić information content (AvgIpc) is 3.05. The third kappa shape index (κ3) is 5.92. The fourth-order valence-electron chi connectivity index (χ4n) is 2.64. The van der Waals surface area contributed by atoms with E-state index in [9.17, 15) is 22.8 Å². The standard InChI is InChI=1S/C18H20F3NO3/c1-12(17(24)22-15-7-2-3-8-15)25-16(23)10-9-13-5-4-6-14(11-13)18(19,20)21/h4-6,9-12,15H,2-3,7-8H2,1H3,(H,22,24). The highest BCUT2D eigenvalue weighted by Gasteiger charge is 2.30. The number of carbonyl (C=O) groups excluding carboxylic acids is 2. The highest BCUT2D eigenvalue weighted by Crippen LogP contribution is 2.29. The van der Waals surface area contributed by atoms with Crippen LogP contribution in [0, 0.1) is 0 Å². The van der Waals surface area contributed by atoms with Crippen molar-refractivity contribution in [3.63, 3.8) is 0 Å². The summed E-state index contributed by atoms with van der Waals surface area (Å²) in [5, 5.41) is 2.82. The molecule has 1 amide bonds. The van der Waals surface area contributed by atoms with Gasteiger partial charge in [0.25, 0.3) is 5.91 Å². The molecular formula is C18H20F3NO3. The van der Waals surface area contributed by atoms with Crippen LogP contribution in [-0.4, -0.2) is 24.0 Å². The number of amides is 1. The molecule has 4 nitrogen and oxygen atoms in total. The maximum Gasteiger partial charge on any atom is 0.416 e. The Hall–Kier alpha value is -2.31. The van der Waals surface area contributed by atoms with Crippen LogP contribution in [0.15, 0.2) is 30.3 Å². The van der Waals surface area contributed by atoms with E-state index in [1.54, 1.807) is 0 Å². The van der Waals surface area contributed by atoms with Gasteiger partial charge in [-0.2, -0.15) is 13.2 Å². The minimum Gasteiger partial charge on any atom is -0.449 e. The van der Waals surface area contributed by atoms with Crippen LogP contribution in [0.5, 0.6) is 0 Å². The number of nitrogens with one attached hydrogen (secondary N) is 1. The van der Waals surface area contributed by atoms with E-state index in [-0.39, 0.29) is 17.5 Å². The van der Waals surface area contributed by atoms with Gasteiger partial charge < -0.3 is 10.1 Å². The number of hydrogen-bond acceptors (Lipinski definition) is 3. The van der Waals surface area contributed by atoms with E-state index in [1.807, 2.05) is 0 Å². The highest BCUT2D eigenvalue weighted by atomic mass is 19.4. The molecule has 1 aliphatic carbocycles. The maximum atomic E-state index is 12.6. The second-order valence-corrected chi connectivity index (χ2v) is 6.03. The van der Waals surface area contributed by atoms with Crippen LogP contribution >= 0.6 is 0 Å². The SMILES string of the molecule is CC(OC(=O)C=Cc1cccc(C(F)(F)F)c1)C(=O)NC1CCCC1. The van der Waals surface area contributed by atoms with Gasteiger partial charge in [-0.25, -0.2) is 4.79 Å². The van der Waals surface area contributed by atoms with E-state index in [0.717, 1.165) is 43.9 Å². The first-order valence-corrected chi connectivity index (χ1v) is 8.12. The zero-order chi connectivity index (χ0) is 18.4. The molecule has 1 atom stereocenters. The Kier molecular flexibility index (Phi) is 6.22. The monoisotopic (exact) mass is 355 g/mol. The van der Waals surface area contributed by atoms with Crippen molar-refractivity contribution in [1.29, 1.82) is 0 Å². The maximum absolute atomic E-state index is 12.6. The molecule has 1 unspecified atom stereocenters. The van der Waals surface area contributed by atoms with Crippen molar-refractivity contribution in [2.75, 3.05) is 0 Å². The van der Waals surface area contributed by atoms with E-state index < -0.39 is 23.8 Å². The number of hydrogen-bond donors (Lipinski definition) is 1. The van der Waals surface area contributed by atoms with Crippen molar-refractivity contribution in [2.24, 2.45) is 0 Å². The zero-order valence-electron chi connectivity index (χ0n) is 13.8. The van der Waals surface area contributed by atoms with E-state index in [0.29, 0.717) is 0 Å². The van der Waals surface area contributed by atoms with Crippen molar-refractivity contribution in [2.45, 2.75) is 50.9 Å². The number of carbonyl (C=O) groups is 2. The molecule has 0 bridgehead atoms. The van der Waals surface area contributed by atoms with E-state index in [2.05, 4.69) is 5.32 Å². The minimum atomic E-state index is -4.45. The molecule has 0 heterocycles. The number of alkyl halides is 3. The normalized spacial score (nSPS) is 16.8. The molecule has 0 spiro atoms. The number of halogens is 3. The fraction of sp³-hybridized carbons (Fsp3) is 0.444. The molecule has 25 heavy (non-hydrogen) atoms.